The molecule has 2 rings (SSSR count). The molecule has 1 aliphatic rings. The minimum atomic E-state index is -0.219. The van der Waals surface area contributed by atoms with Gasteiger partial charge in [-0.15, -0.1) is 0 Å². The van der Waals surface area contributed by atoms with E-state index in [2.05, 4.69) is 18.9 Å². The average Bonchev–Trinajstić information content (AvgIpc) is 2.46. The van der Waals surface area contributed by atoms with Gasteiger partial charge < -0.3 is 4.90 Å². The minimum absolute atomic E-state index is 0.162. The molecule has 1 aromatic rings. The molecule has 110 valence electrons. The summed E-state index contributed by atoms with van der Waals surface area (Å²) in [6, 6.07) is 6.77. The molecule has 1 aliphatic heterocycles. The molecule has 1 fully saturated rings. The molecule has 0 bridgehead atoms. The lowest BCUT2D eigenvalue weighted by atomic mass is 10.0. The summed E-state index contributed by atoms with van der Waals surface area (Å²) in [5.41, 5.74) is 1.07. The molecule has 3 nitrogen and oxygen atoms in total. The maximum atomic E-state index is 13.0. The van der Waals surface area contributed by atoms with Gasteiger partial charge >= 0.3 is 0 Å². The number of carbonyl (C=O) groups excluding carboxylic acids is 1. The van der Waals surface area contributed by atoms with Crippen molar-refractivity contribution in [2.45, 2.75) is 32.2 Å². The molecule has 1 saturated heterocycles. The van der Waals surface area contributed by atoms with E-state index in [-0.39, 0.29) is 17.8 Å². The SMILES string of the molecule is CCCCC(=O)N1CCN(C)C(c2ccc(F)cc2)C1. The molecule has 0 aromatic heterocycles. The van der Waals surface area contributed by atoms with Crippen molar-refractivity contribution in [1.82, 2.24) is 9.80 Å². The monoisotopic (exact) mass is 278 g/mol. The molecule has 1 atom stereocenters. The van der Waals surface area contributed by atoms with Gasteiger partial charge in [0, 0.05) is 26.1 Å². The zero-order chi connectivity index (χ0) is 14.5. The van der Waals surface area contributed by atoms with Crippen LogP contribution in [0.15, 0.2) is 24.3 Å². The molecule has 0 radical (unpaired) electrons. The Hall–Kier alpha value is -1.42. The van der Waals surface area contributed by atoms with Crippen molar-refractivity contribution in [2.75, 3.05) is 26.7 Å². The highest BCUT2D eigenvalue weighted by molar-refractivity contribution is 5.76. The van der Waals surface area contributed by atoms with Crippen LogP contribution in [0.1, 0.15) is 37.8 Å². The highest BCUT2D eigenvalue weighted by Crippen LogP contribution is 2.24. The van der Waals surface area contributed by atoms with Gasteiger partial charge in [0.25, 0.3) is 0 Å². The van der Waals surface area contributed by atoms with Crippen LogP contribution in [0.4, 0.5) is 4.39 Å². The summed E-state index contributed by atoms with van der Waals surface area (Å²) < 4.78 is 13.0. The molecule has 4 heteroatoms. The van der Waals surface area contributed by atoms with Gasteiger partial charge in [-0.1, -0.05) is 25.5 Å². The smallest absolute Gasteiger partial charge is 0.222 e. The first-order chi connectivity index (χ1) is 9.61. The first-order valence-corrected chi connectivity index (χ1v) is 7.35. The van der Waals surface area contributed by atoms with E-state index >= 15 is 0 Å². The van der Waals surface area contributed by atoms with Gasteiger partial charge in [0.15, 0.2) is 0 Å². The number of carbonyl (C=O) groups is 1. The number of nitrogens with zero attached hydrogens (tertiary/aromatic N) is 2. The summed E-state index contributed by atoms with van der Waals surface area (Å²) in [5, 5.41) is 0. The summed E-state index contributed by atoms with van der Waals surface area (Å²) in [7, 11) is 2.06. The van der Waals surface area contributed by atoms with Gasteiger partial charge in [-0.2, -0.15) is 0 Å². The van der Waals surface area contributed by atoms with E-state index in [0.717, 1.165) is 31.5 Å². The number of piperazine rings is 1. The molecule has 0 N–H and O–H groups in total. The number of halogens is 1. The molecule has 0 saturated carbocycles. The van der Waals surface area contributed by atoms with E-state index in [9.17, 15) is 9.18 Å². The molecular formula is C16H23FN2O. The molecular weight excluding hydrogens is 255 g/mol. The van der Waals surface area contributed by atoms with Gasteiger partial charge in [0.05, 0.1) is 6.04 Å². The second kappa shape index (κ2) is 6.84. The van der Waals surface area contributed by atoms with Crippen molar-refractivity contribution in [3.05, 3.63) is 35.6 Å². The van der Waals surface area contributed by atoms with Crippen LogP contribution in [-0.4, -0.2) is 42.4 Å². The fraction of sp³-hybridized carbons (Fsp3) is 0.562. The van der Waals surface area contributed by atoms with Crippen molar-refractivity contribution in [3.8, 4) is 0 Å². The van der Waals surface area contributed by atoms with Crippen LogP contribution in [0.3, 0.4) is 0 Å². The third kappa shape index (κ3) is 3.57. The molecule has 0 spiro atoms. The fourth-order valence-corrected chi connectivity index (χ4v) is 2.63. The van der Waals surface area contributed by atoms with Crippen LogP contribution in [0.5, 0.6) is 0 Å². The molecule has 1 aromatic carbocycles. The number of likely N-dealkylation sites (N-methyl/N-ethyl adjacent to an activating group) is 1. The summed E-state index contributed by atoms with van der Waals surface area (Å²) in [5.74, 6) is 0.0233. The predicted molar refractivity (Wildman–Crippen MR) is 77.9 cm³/mol. The first kappa shape index (κ1) is 15.0. The Kier molecular flexibility index (Phi) is 5.12. The third-order valence-corrected chi connectivity index (χ3v) is 4.00. The van der Waals surface area contributed by atoms with Crippen molar-refractivity contribution in [2.24, 2.45) is 0 Å². The van der Waals surface area contributed by atoms with E-state index in [1.165, 1.54) is 12.1 Å². The Bertz CT molecular complexity index is 446. The number of hydrogen-bond acceptors (Lipinski definition) is 2. The van der Waals surface area contributed by atoms with E-state index in [1.54, 1.807) is 0 Å². The number of amides is 1. The Balaban J connectivity index is 2.04. The zero-order valence-corrected chi connectivity index (χ0v) is 12.3. The normalized spacial score (nSPS) is 20.1. The molecule has 1 amide bonds. The molecule has 1 unspecified atom stereocenters. The molecule has 1 heterocycles. The second-order valence-electron chi connectivity index (χ2n) is 5.49. The van der Waals surface area contributed by atoms with E-state index in [0.29, 0.717) is 13.0 Å². The lowest BCUT2D eigenvalue weighted by molar-refractivity contribution is -0.134. The lowest BCUT2D eigenvalue weighted by Gasteiger charge is -2.39. The van der Waals surface area contributed by atoms with Crippen molar-refractivity contribution < 1.29 is 9.18 Å². The van der Waals surface area contributed by atoms with Gasteiger partial charge in [0.1, 0.15) is 5.82 Å². The Morgan fingerprint density at radius 2 is 2.00 bits per heavy atom. The first-order valence-electron chi connectivity index (χ1n) is 7.35. The minimum Gasteiger partial charge on any atom is -0.339 e. The molecule has 0 aliphatic carbocycles. The number of rotatable bonds is 4. The summed E-state index contributed by atoms with van der Waals surface area (Å²) in [6.07, 6.45) is 2.63. The van der Waals surface area contributed by atoms with Crippen LogP contribution >= 0.6 is 0 Å². The maximum absolute atomic E-state index is 13.0. The van der Waals surface area contributed by atoms with Crippen molar-refractivity contribution in [1.29, 1.82) is 0 Å². The number of benzene rings is 1. The van der Waals surface area contributed by atoms with Crippen LogP contribution in [-0.2, 0) is 4.79 Å². The van der Waals surface area contributed by atoms with E-state index in [1.807, 2.05) is 17.0 Å². The second-order valence-corrected chi connectivity index (χ2v) is 5.49. The predicted octanol–water partition coefficient (Wildman–Crippen LogP) is 2.83. The van der Waals surface area contributed by atoms with Crippen LogP contribution < -0.4 is 0 Å². The van der Waals surface area contributed by atoms with Gasteiger partial charge in [-0.3, -0.25) is 9.69 Å². The Morgan fingerprint density at radius 1 is 1.30 bits per heavy atom. The maximum Gasteiger partial charge on any atom is 0.222 e. The summed E-state index contributed by atoms with van der Waals surface area (Å²) in [4.78, 5) is 16.3. The van der Waals surface area contributed by atoms with Gasteiger partial charge in [0.2, 0.25) is 5.91 Å². The summed E-state index contributed by atoms with van der Waals surface area (Å²) in [6.45, 7) is 4.44. The largest absolute Gasteiger partial charge is 0.339 e. The number of unbranched alkanes of at least 4 members (excludes halogenated alkanes) is 1. The average molecular weight is 278 g/mol. The number of hydrogen-bond donors (Lipinski definition) is 0. The summed E-state index contributed by atoms with van der Waals surface area (Å²) >= 11 is 0. The fourth-order valence-electron chi connectivity index (χ4n) is 2.63. The highest BCUT2D eigenvalue weighted by atomic mass is 19.1. The quantitative estimate of drug-likeness (QED) is 0.845. The third-order valence-electron chi connectivity index (χ3n) is 4.00. The van der Waals surface area contributed by atoms with Gasteiger partial charge in [-0.25, -0.2) is 4.39 Å². The zero-order valence-electron chi connectivity index (χ0n) is 12.3. The van der Waals surface area contributed by atoms with E-state index in [4.69, 9.17) is 0 Å². The lowest BCUT2D eigenvalue weighted by Crippen LogP contribution is -2.48. The van der Waals surface area contributed by atoms with Crippen molar-refractivity contribution in [3.63, 3.8) is 0 Å². The van der Waals surface area contributed by atoms with E-state index < -0.39 is 0 Å². The Labute approximate surface area is 120 Å². The molecule has 20 heavy (non-hydrogen) atoms. The van der Waals surface area contributed by atoms with Crippen LogP contribution in [0.25, 0.3) is 0 Å². The van der Waals surface area contributed by atoms with Crippen molar-refractivity contribution >= 4 is 5.91 Å². The van der Waals surface area contributed by atoms with Gasteiger partial charge in [-0.05, 0) is 31.2 Å². The highest BCUT2D eigenvalue weighted by Gasteiger charge is 2.27. The Morgan fingerprint density at radius 3 is 2.65 bits per heavy atom. The standard InChI is InChI=1S/C16H23FN2O/c1-3-4-5-16(20)19-11-10-18(2)15(12-19)13-6-8-14(17)9-7-13/h6-9,15H,3-5,10-12H2,1-2H3. The topological polar surface area (TPSA) is 23.6 Å². The van der Waals surface area contributed by atoms with Crippen LogP contribution in [0.2, 0.25) is 0 Å². The van der Waals surface area contributed by atoms with Crippen LogP contribution in [0, 0.1) is 5.82 Å².